The van der Waals surface area contributed by atoms with Crippen molar-refractivity contribution in [3.63, 3.8) is 0 Å². The molecule has 1 aliphatic rings. The Kier molecular flexibility index (Phi) is 3.55. The largest absolute Gasteiger partial charge is 0.397 e. The van der Waals surface area contributed by atoms with Crippen LogP contribution in [-0.4, -0.2) is 10.5 Å². The van der Waals surface area contributed by atoms with E-state index in [-0.39, 0.29) is 23.6 Å². The Morgan fingerprint density at radius 3 is 2.08 bits per heavy atom. The van der Waals surface area contributed by atoms with Gasteiger partial charge in [0.2, 0.25) is 5.91 Å². The van der Waals surface area contributed by atoms with Crippen LogP contribution in [0.25, 0.3) is 5.69 Å². The van der Waals surface area contributed by atoms with E-state index in [2.05, 4.69) is 0 Å². The summed E-state index contributed by atoms with van der Waals surface area (Å²) in [5.41, 5.74) is 7.19. The third-order valence-corrected chi connectivity index (χ3v) is 4.42. The molecule has 0 fully saturated rings. The molecule has 1 aromatic heterocycles. The van der Waals surface area contributed by atoms with Gasteiger partial charge in [-0.25, -0.2) is 0 Å². The lowest BCUT2D eigenvalue weighted by atomic mass is 10.1. The fraction of sp³-hybridized carbons (Fsp3) is 0.0500. The van der Waals surface area contributed by atoms with Crippen molar-refractivity contribution in [2.24, 2.45) is 0 Å². The molecule has 1 amide bonds. The topological polar surface area (TPSA) is 92.1 Å². The predicted octanol–water partition coefficient (Wildman–Crippen LogP) is 2.51. The molecule has 0 saturated carbocycles. The molecular formula is C20H14N4O2. The number of nitrogens with zero attached hydrogens (tertiary/aromatic N) is 3. The Hall–Kier alpha value is -3.85. The first-order valence-corrected chi connectivity index (χ1v) is 8.04. The number of anilines is 3. The number of aromatic nitrogens is 1. The molecule has 0 atom stereocenters. The summed E-state index contributed by atoms with van der Waals surface area (Å²) in [6.07, 6.45) is 0.0395. The van der Waals surface area contributed by atoms with Crippen molar-refractivity contribution in [3.8, 4) is 11.8 Å². The van der Waals surface area contributed by atoms with Crippen LogP contribution in [0.3, 0.4) is 0 Å². The number of pyridine rings is 1. The highest BCUT2D eigenvalue weighted by Crippen LogP contribution is 2.39. The van der Waals surface area contributed by atoms with Crippen molar-refractivity contribution in [3.05, 3.63) is 82.1 Å². The highest BCUT2D eigenvalue weighted by Gasteiger charge is 2.36. The van der Waals surface area contributed by atoms with Crippen LogP contribution < -0.4 is 16.2 Å². The Bertz CT molecular complexity index is 1110. The number of amides is 1. The van der Waals surface area contributed by atoms with Crippen LogP contribution in [0, 0.1) is 11.3 Å². The maximum Gasteiger partial charge on any atom is 0.276 e. The predicted molar refractivity (Wildman–Crippen MR) is 98.5 cm³/mol. The maximum absolute atomic E-state index is 13.0. The normalized spacial score (nSPS) is 12.7. The Morgan fingerprint density at radius 1 is 0.923 bits per heavy atom. The summed E-state index contributed by atoms with van der Waals surface area (Å²) in [5.74, 6) is 0.200. The summed E-state index contributed by atoms with van der Waals surface area (Å²) in [6, 6.07) is 19.9. The Morgan fingerprint density at radius 2 is 1.50 bits per heavy atom. The van der Waals surface area contributed by atoms with E-state index in [0.29, 0.717) is 22.8 Å². The summed E-state index contributed by atoms with van der Waals surface area (Å²) < 4.78 is 1.39. The first-order valence-electron chi connectivity index (χ1n) is 8.04. The SMILES string of the molecule is N#Cc1c(N)c2c(n(-c3ccccc3)c1=O)N(c1ccccc1)C(=O)C2. The van der Waals surface area contributed by atoms with E-state index in [4.69, 9.17) is 5.73 Å². The molecule has 1 aliphatic heterocycles. The zero-order valence-electron chi connectivity index (χ0n) is 13.7. The smallest absolute Gasteiger partial charge is 0.276 e. The molecule has 2 aromatic carbocycles. The lowest BCUT2D eigenvalue weighted by Gasteiger charge is -2.22. The minimum absolute atomic E-state index is 0.0395. The maximum atomic E-state index is 13.0. The number of hydrogen-bond acceptors (Lipinski definition) is 4. The molecule has 0 spiro atoms. The zero-order valence-corrected chi connectivity index (χ0v) is 13.7. The second-order valence-electron chi connectivity index (χ2n) is 5.92. The summed E-state index contributed by atoms with van der Waals surface area (Å²) in [4.78, 5) is 27.2. The molecule has 126 valence electrons. The van der Waals surface area contributed by atoms with E-state index in [1.54, 1.807) is 36.4 Å². The number of carbonyl (C=O) groups is 1. The van der Waals surface area contributed by atoms with E-state index in [9.17, 15) is 14.9 Å². The van der Waals surface area contributed by atoms with Gasteiger partial charge in [-0.2, -0.15) is 5.26 Å². The number of nitrogens with two attached hydrogens (primary N) is 1. The highest BCUT2D eigenvalue weighted by molar-refractivity contribution is 6.08. The molecule has 0 bridgehead atoms. The lowest BCUT2D eigenvalue weighted by molar-refractivity contribution is -0.116. The van der Waals surface area contributed by atoms with Crippen LogP contribution in [0.2, 0.25) is 0 Å². The minimum Gasteiger partial charge on any atom is -0.397 e. The van der Waals surface area contributed by atoms with Crippen molar-refractivity contribution in [1.29, 1.82) is 5.26 Å². The van der Waals surface area contributed by atoms with Crippen molar-refractivity contribution < 1.29 is 4.79 Å². The van der Waals surface area contributed by atoms with Crippen LogP contribution in [0.5, 0.6) is 0 Å². The van der Waals surface area contributed by atoms with Gasteiger partial charge in [0.05, 0.1) is 23.5 Å². The average Bonchev–Trinajstić information content (AvgIpc) is 3.01. The van der Waals surface area contributed by atoms with Crippen LogP contribution in [0.1, 0.15) is 11.1 Å². The van der Waals surface area contributed by atoms with Crippen LogP contribution in [-0.2, 0) is 11.2 Å². The van der Waals surface area contributed by atoms with Gasteiger partial charge in [-0.15, -0.1) is 0 Å². The quantitative estimate of drug-likeness (QED) is 0.774. The van der Waals surface area contributed by atoms with E-state index < -0.39 is 5.56 Å². The fourth-order valence-corrected chi connectivity index (χ4v) is 3.26. The van der Waals surface area contributed by atoms with Gasteiger partial charge in [0, 0.05) is 5.56 Å². The first kappa shape index (κ1) is 15.7. The molecule has 0 radical (unpaired) electrons. The third kappa shape index (κ3) is 2.19. The molecular weight excluding hydrogens is 328 g/mol. The number of para-hydroxylation sites is 2. The molecule has 0 unspecified atom stereocenters. The number of nitriles is 1. The molecule has 3 aromatic rings. The first-order chi connectivity index (χ1) is 12.6. The molecule has 4 rings (SSSR count). The van der Waals surface area contributed by atoms with Crippen molar-refractivity contribution in [1.82, 2.24) is 4.57 Å². The van der Waals surface area contributed by atoms with Gasteiger partial charge in [-0.1, -0.05) is 36.4 Å². The highest BCUT2D eigenvalue weighted by atomic mass is 16.2. The minimum atomic E-state index is -0.536. The van der Waals surface area contributed by atoms with Crippen LogP contribution >= 0.6 is 0 Å². The van der Waals surface area contributed by atoms with Gasteiger partial charge >= 0.3 is 0 Å². The van der Waals surface area contributed by atoms with Crippen LogP contribution in [0.4, 0.5) is 17.2 Å². The third-order valence-electron chi connectivity index (χ3n) is 4.42. The molecule has 0 saturated heterocycles. The Labute approximate surface area is 149 Å². The van der Waals surface area contributed by atoms with Gasteiger partial charge in [0.25, 0.3) is 5.56 Å². The number of rotatable bonds is 2. The number of hydrogen-bond donors (Lipinski definition) is 1. The van der Waals surface area contributed by atoms with Gasteiger partial charge in [-0.05, 0) is 24.3 Å². The fourth-order valence-electron chi connectivity index (χ4n) is 3.26. The van der Waals surface area contributed by atoms with Crippen molar-refractivity contribution >= 4 is 23.1 Å². The van der Waals surface area contributed by atoms with Crippen molar-refractivity contribution in [2.45, 2.75) is 6.42 Å². The van der Waals surface area contributed by atoms with Crippen molar-refractivity contribution in [2.75, 3.05) is 10.6 Å². The molecule has 6 nitrogen and oxygen atoms in total. The second-order valence-corrected chi connectivity index (χ2v) is 5.92. The summed E-state index contributed by atoms with van der Waals surface area (Å²) >= 11 is 0. The summed E-state index contributed by atoms with van der Waals surface area (Å²) in [7, 11) is 0. The summed E-state index contributed by atoms with van der Waals surface area (Å²) in [6.45, 7) is 0. The monoisotopic (exact) mass is 342 g/mol. The van der Waals surface area contributed by atoms with E-state index in [1.165, 1.54) is 9.47 Å². The second kappa shape index (κ2) is 5.90. The zero-order chi connectivity index (χ0) is 18.3. The van der Waals surface area contributed by atoms with E-state index in [1.807, 2.05) is 30.3 Å². The molecule has 2 heterocycles. The summed E-state index contributed by atoms with van der Waals surface area (Å²) in [5, 5.41) is 9.41. The standard InChI is InChI=1S/C20H14N4O2/c21-12-16-18(22)15-11-17(25)23(13-7-3-1-4-8-13)19(15)24(20(16)26)14-9-5-2-6-10-14/h1-10H,11,22H2. The number of nitrogen functional groups attached to an aromatic ring is 1. The Balaban J connectivity index is 2.11. The van der Waals surface area contributed by atoms with Gasteiger partial charge < -0.3 is 5.73 Å². The van der Waals surface area contributed by atoms with Crippen LogP contribution in [0.15, 0.2) is 65.5 Å². The number of benzene rings is 2. The lowest BCUT2D eigenvalue weighted by Crippen LogP contribution is -2.29. The molecule has 26 heavy (non-hydrogen) atoms. The van der Waals surface area contributed by atoms with Gasteiger partial charge in [-0.3, -0.25) is 19.1 Å². The van der Waals surface area contributed by atoms with Gasteiger partial charge in [0.15, 0.2) is 0 Å². The van der Waals surface area contributed by atoms with E-state index >= 15 is 0 Å². The van der Waals surface area contributed by atoms with Gasteiger partial charge in [0.1, 0.15) is 17.5 Å². The number of carbonyl (C=O) groups excluding carboxylic acids is 1. The molecule has 6 heteroatoms. The average molecular weight is 342 g/mol. The molecule has 2 N–H and O–H groups in total. The molecule has 0 aliphatic carbocycles. The number of fused-ring (bicyclic) bond motifs is 1. The van der Waals surface area contributed by atoms with E-state index in [0.717, 1.165) is 0 Å².